The van der Waals surface area contributed by atoms with Crippen LogP contribution in [-0.2, 0) is 9.53 Å². The van der Waals surface area contributed by atoms with Gasteiger partial charge in [-0.2, -0.15) is 0 Å². The van der Waals surface area contributed by atoms with Crippen LogP contribution in [-0.4, -0.2) is 41.0 Å². The highest BCUT2D eigenvalue weighted by Crippen LogP contribution is 2.31. The maximum absolute atomic E-state index is 12.1. The van der Waals surface area contributed by atoms with Crippen molar-refractivity contribution in [2.75, 3.05) is 13.1 Å². The number of amides is 1. The number of ether oxygens (including phenoxy) is 1. The first kappa shape index (κ1) is 14.5. The summed E-state index contributed by atoms with van der Waals surface area (Å²) in [6.07, 6.45) is 3.97. The van der Waals surface area contributed by atoms with E-state index in [0.29, 0.717) is 13.1 Å². The largest absolute Gasteiger partial charge is 0.444 e. The minimum atomic E-state index is -0.525. The summed E-state index contributed by atoms with van der Waals surface area (Å²) < 4.78 is 5.36. The molecule has 1 aromatic heterocycles. The van der Waals surface area contributed by atoms with Crippen LogP contribution in [0, 0.1) is 5.92 Å². The highest BCUT2D eigenvalue weighted by atomic mass is 16.6. The van der Waals surface area contributed by atoms with Crippen molar-refractivity contribution in [3.05, 3.63) is 30.1 Å². The number of hydrogen-bond acceptors (Lipinski definition) is 4. The van der Waals surface area contributed by atoms with Crippen molar-refractivity contribution in [2.24, 2.45) is 5.92 Å². The molecule has 0 aliphatic carbocycles. The molecule has 0 spiro atoms. The molecule has 0 radical (unpaired) electrons. The zero-order valence-corrected chi connectivity index (χ0v) is 12.1. The molecule has 0 unspecified atom stereocenters. The Morgan fingerprint density at radius 1 is 1.35 bits per heavy atom. The van der Waals surface area contributed by atoms with Crippen molar-refractivity contribution >= 4 is 12.4 Å². The first-order chi connectivity index (χ1) is 9.40. The lowest BCUT2D eigenvalue weighted by atomic mass is 9.91. The van der Waals surface area contributed by atoms with E-state index in [9.17, 15) is 9.59 Å². The molecule has 108 valence electrons. The van der Waals surface area contributed by atoms with Crippen LogP contribution in [0.2, 0.25) is 0 Å². The summed E-state index contributed by atoms with van der Waals surface area (Å²) >= 11 is 0. The second kappa shape index (κ2) is 5.61. The fraction of sp³-hybridized carbons (Fsp3) is 0.533. The fourth-order valence-electron chi connectivity index (χ4n) is 2.41. The van der Waals surface area contributed by atoms with Gasteiger partial charge in [0.05, 0.1) is 0 Å². The smallest absolute Gasteiger partial charge is 0.410 e. The fourth-order valence-corrected chi connectivity index (χ4v) is 2.41. The third-order valence-corrected chi connectivity index (χ3v) is 3.33. The summed E-state index contributed by atoms with van der Waals surface area (Å²) in [5.41, 5.74) is 0.505. The highest BCUT2D eigenvalue weighted by molar-refractivity contribution is 5.70. The predicted molar refractivity (Wildman–Crippen MR) is 74.3 cm³/mol. The summed E-state index contributed by atoms with van der Waals surface area (Å²) in [6, 6.07) is 3.78. The predicted octanol–water partition coefficient (Wildman–Crippen LogP) is 2.23. The maximum atomic E-state index is 12.1. The number of carbonyl (C=O) groups is 2. The Bertz CT molecular complexity index is 482. The van der Waals surface area contributed by atoms with Gasteiger partial charge in [0.2, 0.25) is 0 Å². The molecule has 2 heterocycles. The van der Waals surface area contributed by atoms with Crippen molar-refractivity contribution in [3.63, 3.8) is 0 Å². The minimum Gasteiger partial charge on any atom is -0.444 e. The van der Waals surface area contributed by atoms with Gasteiger partial charge in [-0.3, -0.25) is 4.98 Å². The molecule has 1 saturated heterocycles. The van der Waals surface area contributed by atoms with E-state index in [0.717, 1.165) is 11.8 Å². The number of pyridine rings is 1. The van der Waals surface area contributed by atoms with Gasteiger partial charge in [0.15, 0.2) is 0 Å². The summed E-state index contributed by atoms with van der Waals surface area (Å²) in [5, 5.41) is 0. The van der Waals surface area contributed by atoms with Crippen LogP contribution in [0.5, 0.6) is 0 Å². The normalized spacial score (nSPS) is 22.6. The third-order valence-electron chi connectivity index (χ3n) is 3.33. The number of carbonyl (C=O) groups excluding carboxylic acids is 2. The van der Waals surface area contributed by atoms with E-state index in [4.69, 9.17) is 4.74 Å². The van der Waals surface area contributed by atoms with Crippen molar-refractivity contribution in [3.8, 4) is 0 Å². The second-order valence-corrected chi connectivity index (χ2v) is 6.07. The highest BCUT2D eigenvalue weighted by Gasteiger charge is 2.37. The topological polar surface area (TPSA) is 59.5 Å². The van der Waals surface area contributed by atoms with Gasteiger partial charge in [-0.1, -0.05) is 0 Å². The maximum Gasteiger partial charge on any atom is 0.410 e. The Kier molecular flexibility index (Phi) is 4.06. The van der Waals surface area contributed by atoms with E-state index in [1.165, 1.54) is 0 Å². The van der Waals surface area contributed by atoms with E-state index >= 15 is 0 Å². The molecule has 2 atom stereocenters. The molecule has 0 saturated carbocycles. The first-order valence-electron chi connectivity index (χ1n) is 6.74. The molecular weight excluding hydrogens is 256 g/mol. The Morgan fingerprint density at radius 2 is 2.00 bits per heavy atom. The van der Waals surface area contributed by atoms with Gasteiger partial charge >= 0.3 is 6.09 Å². The standard InChI is InChI=1S/C15H20N2O3/c1-15(2,3)20-14(19)17-8-12(10-18)13(9-17)11-4-6-16-7-5-11/h4-7,10,12-13H,8-9H2,1-3H3/t12-,13-/m0/s1. The molecule has 1 aliphatic rings. The monoisotopic (exact) mass is 276 g/mol. The lowest BCUT2D eigenvalue weighted by molar-refractivity contribution is -0.111. The van der Waals surface area contributed by atoms with Crippen LogP contribution in [0.1, 0.15) is 32.3 Å². The number of likely N-dealkylation sites (tertiary alicyclic amines) is 1. The van der Waals surface area contributed by atoms with Gasteiger partial charge in [-0.25, -0.2) is 4.79 Å². The van der Waals surface area contributed by atoms with Crippen molar-refractivity contribution < 1.29 is 14.3 Å². The van der Waals surface area contributed by atoms with Gasteiger partial charge < -0.3 is 14.4 Å². The number of hydrogen-bond donors (Lipinski definition) is 0. The average molecular weight is 276 g/mol. The number of rotatable bonds is 2. The Morgan fingerprint density at radius 3 is 2.55 bits per heavy atom. The van der Waals surface area contributed by atoms with Crippen LogP contribution < -0.4 is 0 Å². The van der Waals surface area contributed by atoms with E-state index in [2.05, 4.69) is 4.98 Å². The molecule has 0 bridgehead atoms. The zero-order valence-electron chi connectivity index (χ0n) is 12.1. The summed E-state index contributed by atoms with van der Waals surface area (Å²) in [7, 11) is 0. The Balaban J connectivity index is 2.10. The number of aromatic nitrogens is 1. The zero-order chi connectivity index (χ0) is 14.8. The van der Waals surface area contributed by atoms with Gasteiger partial charge in [0.25, 0.3) is 0 Å². The number of aldehydes is 1. The molecule has 0 N–H and O–H groups in total. The Labute approximate surface area is 118 Å². The molecule has 1 amide bonds. The van der Waals surface area contributed by atoms with Crippen LogP contribution in [0.15, 0.2) is 24.5 Å². The average Bonchev–Trinajstić information content (AvgIpc) is 2.82. The van der Waals surface area contributed by atoms with Gasteiger partial charge in [0.1, 0.15) is 11.9 Å². The van der Waals surface area contributed by atoms with E-state index < -0.39 is 5.60 Å². The van der Waals surface area contributed by atoms with Crippen LogP contribution in [0.4, 0.5) is 4.79 Å². The molecule has 5 heteroatoms. The van der Waals surface area contributed by atoms with E-state index in [1.807, 2.05) is 32.9 Å². The van der Waals surface area contributed by atoms with Crippen molar-refractivity contribution in [1.29, 1.82) is 0 Å². The Hall–Kier alpha value is -1.91. The molecule has 1 aliphatic heterocycles. The lowest BCUT2D eigenvalue weighted by Crippen LogP contribution is -2.35. The molecule has 0 aromatic carbocycles. The van der Waals surface area contributed by atoms with Crippen molar-refractivity contribution in [1.82, 2.24) is 9.88 Å². The summed E-state index contributed by atoms with van der Waals surface area (Å²) in [5.74, 6) is -0.173. The summed E-state index contributed by atoms with van der Waals surface area (Å²) in [6.45, 7) is 6.41. The molecule has 20 heavy (non-hydrogen) atoms. The molecule has 5 nitrogen and oxygen atoms in total. The molecular formula is C15H20N2O3. The van der Waals surface area contributed by atoms with Crippen LogP contribution in [0.3, 0.4) is 0 Å². The minimum absolute atomic E-state index is 0.0167. The first-order valence-corrected chi connectivity index (χ1v) is 6.74. The molecule has 1 aromatic rings. The number of nitrogens with zero attached hydrogens (tertiary/aromatic N) is 2. The van der Waals surface area contributed by atoms with Crippen LogP contribution >= 0.6 is 0 Å². The van der Waals surface area contributed by atoms with E-state index in [-0.39, 0.29) is 17.9 Å². The van der Waals surface area contributed by atoms with Gasteiger partial charge in [-0.05, 0) is 38.5 Å². The SMILES string of the molecule is CC(C)(C)OC(=O)N1C[C@@H](C=O)[C@H](c2ccncc2)C1. The summed E-state index contributed by atoms with van der Waals surface area (Å²) in [4.78, 5) is 28.9. The molecule has 2 rings (SSSR count). The van der Waals surface area contributed by atoms with Gasteiger partial charge in [0, 0.05) is 37.3 Å². The van der Waals surface area contributed by atoms with Crippen molar-refractivity contribution in [2.45, 2.75) is 32.3 Å². The third kappa shape index (κ3) is 3.35. The molecule has 1 fully saturated rings. The second-order valence-electron chi connectivity index (χ2n) is 6.07. The quantitative estimate of drug-likeness (QED) is 0.777. The lowest BCUT2D eigenvalue weighted by Gasteiger charge is -2.24. The van der Waals surface area contributed by atoms with E-state index in [1.54, 1.807) is 17.3 Å². The van der Waals surface area contributed by atoms with Gasteiger partial charge in [-0.15, -0.1) is 0 Å². The van der Waals surface area contributed by atoms with Crippen LogP contribution in [0.25, 0.3) is 0 Å².